The Bertz CT molecular complexity index is 1050. The van der Waals surface area contributed by atoms with Crippen LogP contribution in [-0.2, 0) is 11.3 Å². The van der Waals surface area contributed by atoms with Crippen LogP contribution in [0, 0.1) is 0 Å². The van der Waals surface area contributed by atoms with Gasteiger partial charge >= 0.3 is 6.09 Å². The zero-order valence-corrected chi connectivity index (χ0v) is 17.9. The third-order valence-electron chi connectivity index (χ3n) is 4.75. The number of oxazole rings is 1. The van der Waals surface area contributed by atoms with Gasteiger partial charge in [0.1, 0.15) is 29.2 Å². The summed E-state index contributed by atoms with van der Waals surface area (Å²) in [5, 5.41) is 9.30. The number of pyridine rings is 1. The minimum atomic E-state index is -0.507. The summed E-state index contributed by atoms with van der Waals surface area (Å²) in [5.74, 6) is 0.768. The molecular formula is C22H26N4O5. The first-order valence-electron chi connectivity index (χ1n) is 10.2. The van der Waals surface area contributed by atoms with E-state index in [0.717, 1.165) is 0 Å². The highest BCUT2D eigenvalue weighted by Gasteiger charge is 2.27. The normalized spacial score (nSPS) is 14.7. The summed E-state index contributed by atoms with van der Waals surface area (Å²) in [4.78, 5) is 24.6. The van der Waals surface area contributed by atoms with Gasteiger partial charge in [-0.3, -0.25) is 4.98 Å². The Morgan fingerprint density at radius 1 is 1.16 bits per heavy atom. The van der Waals surface area contributed by atoms with Crippen LogP contribution in [0.15, 0.2) is 40.9 Å². The summed E-state index contributed by atoms with van der Waals surface area (Å²) in [6.07, 6.45) is 1.09. The molecule has 9 nitrogen and oxygen atoms in total. The lowest BCUT2D eigenvalue weighted by Crippen LogP contribution is -2.50. The number of hydrogen-bond acceptors (Lipinski definition) is 8. The van der Waals surface area contributed by atoms with Gasteiger partial charge < -0.3 is 28.8 Å². The number of piperazine rings is 1. The van der Waals surface area contributed by atoms with E-state index in [0.29, 0.717) is 54.7 Å². The molecule has 1 amide bonds. The van der Waals surface area contributed by atoms with E-state index >= 15 is 0 Å². The molecule has 0 bridgehead atoms. The SMILES string of the molecule is CC(C)(C)OC(=O)N1CCN(c2nc3cc(OCc4ccc(O)cn4)ccc3o2)CC1. The molecule has 31 heavy (non-hydrogen) atoms. The van der Waals surface area contributed by atoms with Crippen molar-refractivity contribution in [2.24, 2.45) is 0 Å². The van der Waals surface area contributed by atoms with Gasteiger partial charge in [0.2, 0.25) is 0 Å². The van der Waals surface area contributed by atoms with Crippen LogP contribution in [0.2, 0.25) is 0 Å². The van der Waals surface area contributed by atoms with Crippen molar-refractivity contribution in [3.8, 4) is 11.5 Å². The fourth-order valence-electron chi connectivity index (χ4n) is 3.19. The molecule has 1 N–H and O–H groups in total. The molecule has 1 saturated heterocycles. The number of aromatic nitrogens is 2. The van der Waals surface area contributed by atoms with Gasteiger partial charge in [-0.05, 0) is 45.0 Å². The van der Waals surface area contributed by atoms with Crippen LogP contribution in [-0.4, -0.2) is 57.8 Å². The fraction of sp³-hybridized carbons (Fsp3) is 0.409. The van der Waals surface area contributed by atoms with Crippen LogP contribution >= 0.6 is 0 Å². The lowest BCUT2D eigenvalue weighted by Gasteiger charge is -2.34. The van der Waals surface area contributed by atoms with E-state index in [1.54, 1.807) is 17.0 Å². The van der Waals surface area contributed by atoms with Crippen LogP contribution in [0.3, 0.4) is 0 Å². The van der Waals surface area contributed by atoms with Crippen molar-refractivity contribution in [1.82, 2.24) is 14.9 Å². The molecule has 3 heterocycles. The molecule has 1 aromatic carbocycles. The average Bonchev–Trinajstić information content (AvgIpc) is 3.16. The number of nitrogens with zero attached hydrogens (tertiary/aromatic N) is 4. The number of amides is 1. The Labute approximate surface area is 180 Å². The number of rotatable bonds is 4. The maximum absolute atomic E-state index is 12.2. The second-order valence-electron chi connectivity index (χ2n) is 8.38. The van der Waals surface area contributed by atoms with Crippen molar-refractivity contribution in [2.75, 3.05) is 31.1 Å². The topological polar surface area (TPSA) is 101 Å². The summed E-state index contributed by atoms with van der Waals surface area (Å²) >= 11 is 0. The molecule has 4 rings (SSSR count). The van der Waals surface area contributed by atoms with E-state index in [9.17, 15) is 9.90 Å². The van der Waals surface area contributed by atoms with Crippen molar-refractivity contribution in [3.63, 3.8) is 0 Å². The molecule has 0 spiro atoms. The summed E-state index contributed by atoms with van der Waals surface area (Å²) in [5.41, 5.74) is 1.56. The van der Waals surface area contributed by atoms with Crippen molar-refractivity contribution in [3.05, 3.63) is 42.2 Å². The highest BCUT2D eigenvalue weighted by Crippen LogP contribution is 2.27. The maximum Gasteiger partial charge on any atom is 0.410 e. The Balaban J connectivity index is 1.37. The molecular weight excluding hydrogens is 400 g/mol. The second-order valence-corrected chi connectivity index (χ2v) is 8.38. The van der Waals surface area contributed by atoms with Crippen molar-refractivity contribution >= 4 is 23.2 Å². The van der Waals surface area contributed by atoms with Crippen molar-refractivity contribution in [2.45, 2.75) is 33.0 Å². The predicted molar refractivity (Wildman–Crippen MR) is 114 cm³/mol. The molecule has 0 saturated carbocycles. The van der Waals surface area contributed by atoms with Gasteiger partial charge in [0, 0.05) is 32.2 Å². The molecule has 1 fully saturated rings. The molecule has 0 unspecified atom stereocenters. The largest absolute Gasteiger partial charge is 0.506 e. The first-order chi connectivity index (χ1) is 14.8. The summed E-state index contributed by atoms with van der Waals surface area (Å²) in [7, 11) is 0. The molecule has 1 aliphatic heterocycles. The van der Waals surface area contributed by atoms with Crippen LogP contribution in [0.4, 0.5) is 10.8 Å². The minimum Gasteiger partial charge on any atom is -0.506 e. The van der Waals surface area contributed by atoms with E-state index in [1.807, 2.05) is 43.9 Å². The van der Waals surface area contributed by atoms with Gasteiger partial charge in [-0.15, -0.1) is 0 Å². The zero-order valence-electron chi connectivity index (χ0n) is 17.9. The van der Waals surface area contributed by atoms with Crippen LogP contribution < -0.4 is 9.64 Å². The number of hydrogen-bond donors (Lipinski definition) is 1. The number of ether oxygens (including phenoxy) is 2. The Hall–Kier alpha value is -3.49. The molecule has 9 heteroatoms. The zero-order chi connectivity index (χ0) is 22.0. The van der Waals surface area contributed by atoms with Gasteiger partial charge in [0.25, 0.3) is 6.01 Å². The highest BCUT2D eigenvalue weighted by molar-refractivity contribution is 5.76. The molecule has 0 radical (unpaired) electrons. The lowest BCUT2D eigenvalue weighted by molar-refractivity contribution is 0.0239. The Kier molecular flexibility index (Phi) is 5.58. The second kappa shape index (κ2) is 8.33. The molecule has 164 valence electrons. The molecule has 1 aliphatic rings. The van der Waals surface area contributed by atoms with Gasteiger partial charge in [-0.25, -0.2) is 4.79 Å². The van der Waals surface area contributed by atoms with Crippen molar-refractivity contribution in [1.29, 1.82) is 0 Å². The van der Waals surface area contributed by atoms with Crippen LogP contribution in [0.1, 0.15) is 26.5 Å². The first-order valence-corrected chi connectivity index (χ1v) is 10.2. The monoisotopic (exact) mass is 426 g/mol. The number of carbonyl (C=O) groups excluding carboxylic acids is 1. The lowest BCUT2D eigenvalue weighted by atomic mass is 10.2. The third kappa shape index (κ3) is 5.17. The van der Waals surface area contributed by atoms with E-state index < -0.39 is 5.60 Å². The summed E-state index contributed by atoms with van der Waals surface area (Å²) in [6.45, 7) is 8.17. The average molecular weight is 426 g/mol. The Morgan fingerprint density at radius 3 is 2.61 bits per heavy atom. The van der Waals surface area contributed by atoms with Crippen LogP contribution in [0.5, 0.6) is 11.5 Å². The quantitative estimate of drug-likeness (QED) is 0.676. The van der Waals surface area contributed by atoms with E-state index in [2.05, 4.69) is 9.97 Å². The maximum atomic E-state index is 12.2. The number of benzene rings is 1. The summed E-state index contributed by atoms with van der Waals surface area (Å²) < 4.78 is 17.1. The van der Waals surface area contributed by atoms with Gasteiger partial charge in [0.15, 0.2) is 5.58 Å². The highest BCUT2D eigenvalue weighted by atomic mass is 16.6. The van der Waals surface area contributed by atoms with Crippen LogP contribution in [0.25, 0.3) is 11.1 Å². The molecule has 2 aromatic heterocycles. The number of anilines is 1. The number of fused-ring (bicyclic) bond motifs is 1. The third-order valence-corrected chi connectivity index (χ3v) is 4.75. The smallest absolute Gasteiger partial charge is 0.410 e. The molecule has 0 atom stereocenters. The summed E-state index contributed by atoms with van der Waals surface area (Å²) in [6, 6.07) is 9.26. The number of carbonyl (C=O) groups is 1. The van der Waals surface area contributed by atoms with E-state index in [1.165, 1.54) is 6.20 Å². The van der Waals surface area contributed by atoms with Crippen molar-refractivity contribution < 1.29 is 23.8 Å². The Morgan fingerprint density at radius 2 is 1.94 bits per heavy atom. The van der Waals surface area contributed by atoms with E-state index in [-0.39, 0.29) is 18.4 Å². The van der Waals surface area contributed by atoms with Gasteiger partial charge in [-0.1, -0.05) is 0 Å². The molecule has 3 aromatic rings. The predicted octanol–water partition coefficient (Wildman–Crippen LogP) is 3.56. The standard InChI is InChI=1S/C22H26N4O5/c1-22(2,3)31-21(28)26-10-8-25(9-11-26)20-24-18-12-17(6-7-19(18)30-20)29-14-15-4-5-16(27)13-23-15/h4-7,12-13,27H,8-11,14H2,1-3H3. The fourth-order valence-corrected chi connectivity index (χ4v) is 3.19. The number of aromatic hydroxyl groups is 1. The van der Waals surface area contributed by atoms with Gasteiger partial charge in [-0.2, -0.15) is 4.98 Å². The van der Waals surface area contributed by atoms with E-state index in [4.69, 9.17) is 13.9 Å². The minimum absolute atomic E-state index is 0.118. The van der Waals surface area contributed by atoms with Gasteiger partial charge in [0.05, 0.1) is 11.9 Å². The first kappa shape index (κ1) is 20.8. The molecule has 0 aliphatic carbocycles.